The van der Waals surface area contributed by atoms with Crippen LogP contribution in [0.1, 0.15) is 309 Å². The summed E-state index contributed by atoms with van der Waals surface area (Å²) in [6, 6.07) is -0.545. The van der Waals surface area contributed by atoms with Crippen LogP contribution in [0.5, 0.6) is 0 Å². The highest BCUT2D eigenvalue weighted by Crippen LogP contribution is 2.17. The first kappa shape index (κ1) is 60.6. The number of carbonyl (C=O) groups is 2. The van der Waals surface area contributed by atoms with Crippen molar-refractivity contribution in [2.24, 2.45) is 0 Å². The van der Waals surface area contributed by atoms with Crippen LogP contribution in [0.2, 0.25) is 0 Å². The Morgan fingerprint density at radius 2 is 0.758 bits per heavy atom. The summed E-state index contributed by atoms with van der Waals surface area (Å²) in [5.41, 5.74) is 0. The Kier molecular flexibility index (Phi) is 51.0. The molecule has 0 aromatic heterocycles. The van der Waals surface area contributed by atoms with Gasteiger partial charge in [0.25, 0.3) is 0 Å². The van der Waals surface area contributed by atoms with Gasteiger partial charge in [0.15, 0.2) is 0 Å². The van der Waals surface area contributed by atoms with Crippen molar-refractivity contribution >= 4 is 11.9 Å². The van der Waals surface area contributed by atoms with Crippen LogP contribution < -0.4 is 5.32 Å². The van der Waals surface area contributed by atoms with Crippen molar-refractivity contribution in [2.75, 3.05) is 13.2 Å². The van der Waals surface area contributed by atoms with Gasteiger partial charge in [0.2, 0.25) is 5.91 Å². The van der Waals surface area contributed by atoms with E-state index < -0.39 is 12.1 Å². The van der Waals surface area contributed by atoms with Gasteiger partial charge in [-0.1, -0.05) is 257 Å². The molecule has 0 aliphatic carbocycles. The lowest BCUT2D eigenvalue weighted by Gasteiger charge is -2.22. The lowest BCUT2D eigenvalue weighted by Crippen LogP contribution is -2.45. The molecule has 6 heteroatoms. The maximum absolute atomic E-state index is 12.5. The molecule has 6 nitrogen and oxygen atoms in total. The molecule has 0 aromatic rings. The lowest BCUT2D eigenvalue weighted by atomic mass is 10.0. The zero-order chi connectivity index (χ0) is 45.1. The van der Waals surface area contributed by atoms with E-state index in [0.29, 0.717) is 25.9 Å². The van der Waals surface area contributed by atoms with Crippen LogP contribution in [0.25, 0.3) is 0 Å². The normalized spacial score (nSPS) is 12.6. The van der Waals surface area contributed by atoms with Gasteiger partial charge in [-0.15, -0.1) is 0 Å². The minimum absolute atomic E-state index is 0.00428. The van der Waals surface area contributed by atoms with E-state index in [1.807, 2.05) is 0 Å². The minimum atomic E-state index is -0.668. The number of nitrogens with one attached hydrogen (secondary N) is 1. The fourth-order valence-corrected chi connectivity index (χ4v) is 8.75. The molecule has 62 heavy (non-hydrogen) atoms. The molecule has 368 valence electrons. The number of ether oxygens (including phenoxy) is 1. The zero-order valence-electron chi connectivity index (χ0n) is 41.9. The van der Waals surface area contributed by atoms with Gasteiger partial charge in [0.05, 0.1) is 25.4 Å². The summed E-state index contributed by atoms with van der Waals surface area (Å²) in [5, 5.41) is 23.2. The SMILES string of the molecule is CCCCCCCC/C=C\CCCCCCCC(=O)OCCCCCCCCCCCCCCCCCCC(=O)NC(CO)C(O)CCCCCCCCCCCCCCCC. The maximum Gasteiger partial charge on any atom is 0.305 e. The third-order valence-corrected chi connectivity index (χ3v) is 13.1. The third kappa shape index (κ3) is 48.1. The average Bonchev–Trinajstić information content (AvgIpc) is 3.27. The van der Waals surface area contributed by atoms with E-state index >= 15 is 0 Å². The van der Waals surface area contributed by atoms with Crippen LogP contribution in [-0.4, -0.2) is 47.4 Å². The van der Waals surface area contributed by atoms with Crippen molar-refractivity contribution in [1.82, 2.24) is 5.32 Å². The summed E-state index contributed by atoms with van der Waals surface area (Å²) in [6.45, 7) is 4.94. The second-order valence-corrected chi connectivity index (χ2v) is 19.3. The van der Waals surface area contributed by atoms with E-state index in [0.717, 1.165) is 44.9 Å². The molecule has 0 aliphatic rings. The van der Waals surface area contributed by atoms with Crippen molar-refractivity contribution in [1.29, 1.82) is 0 Å². The molecule has 0 saturated heterocycles. The molecule has 0 bridgehead atoms. The minimum Gasteiger partial charge on any atom is -0.466 e. The molecule has 0 aromatic carbocycles. The molecule has 2 unspecified atom stereocenters. The van der Waals surface area contributed by atoms with E-state index in [9.17, 15) is 19.8 Å². The van der Waals surface area contributed by atoms with E-state index in [1.54, 1.807) is 0 Å². The molecule has 3 N–H and O–H groups in total. The number of hydrogen-bond donors (Lipinski definition) is 3. The number of amides is 1. The first-order valence-electron chi connectivity index (χ1n) is 27.9. The van der Waals surface area contributed by atoms with Crippen LogP contribution in [0.4, 0.5) is 0 Å². The number of esters is 1. The van der Waals surface area contributed by atoms with Gasteiger partial charge in [0, 0.05) is 12.8 Å². The predicted octanol–water partition coefficient (Wildman–Crippen LogP) is 16.9. The van der Waals surface area contributed by atoms with Gasteiger partial charge in [-0.3, -0.25) is 9.59 Å². The van der Waals surface area contributed by atoms with Gasteiger partial charge >= 0.3 is 5.97 Å². The molecule has 0 aliphatic heterocycles. The van der Waals surface area contributed by atoms with Crippen LogP contribution >= 0.6 is 0 Å². The van der Waals surface area contributed by atoms with E-state index in [4.69, 9.17) is 4.74 Å². The maximum atomic E-state index is 12.5. The molecule has 0 fully saturated rings. The summed E-state index contributed by atoms with van der Waals surface area (Å²) in [5.74, 6) is -0.0449. The summed E-state index contributed by atoms with van der Waals surface area (Å²) in [7, 11) is 0. The number of aliphatic hydroxyl groups excluding tert-OH is 2. The van der Waals surface area contributed by atoms with Crippen LogP contribution in [0, 0.1) is 0 Å². The van der Waals surface area contributed by atoms with E-state index in [1.165, 1.54) is 231 Å². The zero-order valence-corrected chi connectivity index (χ0v) is 41.9. The Bertz CT molecular complexity index is 924. The van der Waals surface area contributed by atoms with Crippen molar-refractivity contribution in [2.45, 2.75) is 321 Å². The Labute approximate surface area is 387 Å². The number of rotatable bonds is 52. The molecule has 0 rings (SSSR count). The first-order valence-corrected chi connectivity index (χ1v) is 27.9. The molecule has 0 heterocycles. The molecule has 1 amide bonds. The van der Waals surface area contributed by atoms with Gasteiger partial charge in [-0.2, -0.15) is 0 Å². The Hall–Kier alpha value is -1.40. The number of unbranched alkanes of at least 4 members (excludes halogenated alkanes) is 39. The van der Waals surface area contributed by atoms with E-state index in [-0.39, 0.29) is 18.5 Å². The number of aliphatic hydroxyl groups is 2. The molecular weight excluding hydrogens is 767 g/mol. The molecule has 0 saturated carbocycles. The smallest absolute Gasteiger partial charge is 0.305 e. The van der Waals surface area contributed by atoms with E-state index in [2.05, 4.69) is 31.3 Å². The lowest BCUT2D eigenvalue weighted by molar-refractivity contribution is -0.143. The molecule has 0 spiro atoms. The van der Waals surface area contributed by atoms with Crippen LogP contribution in [-0.2, 0) is 14.3 Å². The fourth-order valence-electron chi connectivity index (χ4n) is 8.75. The second-order valence-electron chi connectivity index (χ2n) is 19.3. The highest BCUT2D eigenvalue weighted by Gasteiger charge is 2.20. The van der Waals surface area contributed by atoms with Gasteiger partial charge in [0.1, 0.15) is 0 Å². The first-order chi connectivity index (χ1) is 30.5. The van der Waals surface area contributed by atoms with Crippen molar-refractivity contribution < 1.29 is 24.5 Å². The Morgan fingerprint density at radius 3 is 1.15 bits per heavy atom. The second kappa shape index (κ2) is 52.2. The van der Waals surface area contributed by atoms with Crippen LogP contribution in [0.15, 0.2) is 12.2 Å². The Balaban J connectivity index is 3.41. The fraction of sp³-hybridized carbons (Fsp3) is 0.929. The summed E-state index contributed by atoms with van der Waals surface area (Å²) < 4.78 is 5.47. The summed E-state index contributed by atoms with van der Waals surface area (Å²) in [4.78, 5) is 24.5. The largest absolute Gasteiger partial charge is 0.466 e. The number of carbonyl (C=O) groups excluding carboxylic acids is 2. The number of allylic oxidation sites excluding steroid dienone is 2. The predicted molar refractivity (Wildman–Crippen MR) is 269 cm³/mol. The quantitative estimate of drug-likeness (QED) is 0.0321. The molecule has 0 radical (unpaired) electrons. The highest BCUT2D eigenvalue weighted by atomic mass is 16.5. The van der Waals surface area contributed by atoms with Gasteiger partial charge in [-0.25, -0.2) is 0 Å². The van der Waals surface area contributed by atoms with Gasteiger partial charge in [-0.05, 0) is 51.4 Å². The average molecular weight is 876 g/mol. The van der Waals surface area contributed by atoms with Crippen molar-refractivity contribution in [3.8, 4) is 0 Å². The molecule has 2 atom stereocenters. The van der Waals surface area contributed by atoms with Crippen molar-refractivity contribution in [3.05, 3.63) is 12.2 Å². The van der Waals surface area contributed by atoms with Crippen molar-refractivity contribution in [3.63, 3.8) is 0 Å². The number of hydrogen-bond acceptors (Lipinski definition) is 5. The molecular formula is C56H109NO5. The highest BCUT2D eigenvalue weighted by molar-refractivity contribution is 5.76. The third-order valence-electron chi connectivity index (χ3n) is 13.1. The summed E-state index contributed by atoms with van der Waals surface area (Å²) >= 11 is 0. The standard InChI is InChI=1S/C56H109NO5/c1-3-5-7-9-11-13-15-17-21-26-30-34-38-42-46-50-56(61)62-51-47-43-39-35-31-27-23-20-19-22-25-29-33-37-41-45-49-55(60)57-53(52-58)54(59)48-44-40-36-32-28-24-18-16-14-12-10-8-6-4-2/h17,21,53-54,58-59H,3-16,18-20,22-52H2,1-2H3,(H,57,60)/b21-17-. The monoisotopic (exact) mass is 876 g/mol. The van der Waals surface area contributed by atoms with Gasteiger partial charge < -0.3 is 20.3 Å². The Morgan fingerprint density at radius 1 is 0.435 bits per heavy atom. The van der Waals surface area contributed by atoms with Crippen LogP contribution in [0.3, 0.4) is 0 Å². The summed E-state index contributed by atoms with van der Waals surface area (Å²) in [6.07, 6.45) is 60.4. The topological polar surface area (TPSA) is 95.9 Å².